The fourth-order valence-electron chi connectivity index (χ4n) is 1.62. The van der Waals surface area contributed by atoms with Crippen LogP contribution in [0.3, 0.4) is 0 Å². The average Bonchev–Trinajstić information content (AvgIpc) is 2.45. The van der Waals surface area contributed by atoms with Crippen LogP contribution < -0.4 is 0 Å². The fourth-order valence-corrected chi connectivity index (χ4v) is 1.62. The Kier molecular flexibility index (Phi) is 3.72. The monoisotopic (exact) mass is 268 g/mol. The van der Waals surface area contributed by atoms with E-state index in [0.29, 0.717) is 5.56 Å². The Bertz CT molecular complexity index is 698. The van der Waals surface area contributed by atoms with Gasteiger partial charge in [-0.15, -0.1) is 0 Å². The normalized spacial score (nSPS) is 9.40. The lowest BCUT2D eigenvalue weighted by Gasteiger charge is -1.97. The van der Waals surface area contributed by atoms with E-state index in [1.807, 2.05) is 0 Å². The number of rotatable bonds is 2. The molecule has 0 saturated carbocycles. The van der Waals surface area contributed by atoms with Crippen molar-refractivity contribution in [1.82, 2.24) is 0 Å². The quantitative estimate of drug-likeness (QED) is 0.476. The summed E-state index contributed by atoms with van der Waals surface area (Å²) in [4.78, 5) is 20.5. The molecule has 0 bridgehead atoms. The molecule has 0 aliphatic rings. The smallest absolute Gasteiger partial charge is 0.258 e. The van der Waals surface area contributed by atoms with E-state index in [0.717, 1.165) is 0 Å². The van der Waals surface area contributed by atoms with Crippen LogP contribution in [0, 0.1) is 32.1 Å². The van der Waals surface area contributed by atoms with Gasteiger partial charge in [-0.2, -0.15) is 0 Å². The lowest BCUT2D eigenvalue weighted by Crippen LogP contribution is -1.98. The number of nitro groups is 2. The zero-order chi connectivity index (χ0) is 14.5. The summed E-state index contributed by atoms with van der Waals surface area (Å²) in [6.45, 7) is 0. The highest BCUT2D eigenvalue weighted by Crippen LogP contribution is 2.27. The zero-order valence-electron chi connectivity index (χ0n) is 10.1. The second-order valence-electron chi connectivity index (χ2n) is 3.80. The Morgan fingerprint density at radius 3 is 1.80 bits per heavy atom. The molecule has 0 amide bonds. The maximum atomic E-state index is 10.9. The highest BCUT2D eigenvalue weighted by atomic mass is 16.6. The fraction of sp³-hybridized carbons (Fsp3) is 0. The first-order valence-electron chi connectivity index (χ1n) is 5.58. The van der Waals surface area contributed by atoms with Crippen LogP contribution in [0.25, 0.3) is 0 Å². The standard InChI is InChI=1S/C14H8N2O4/c17-15(18)13-7-4-8-14(16(19)20)12(13)10-9-11-5-2-1-3-6-11/h1-8H. The van der Waals surface area contributed by atoms with Gasteiger partial charge in [0.15, 0.2) is 5.56 Å². The lowest BCUT2D eigenvalue weighted by molar-refractivity contribution is -0.394. The van der Waals surface area contributed by atoms with E-state index in [1.54, 1.807) is 30.3 Å². The third-order valence-corrected chi connectivity index (χ3v) is 2.52. The molecule has 0 unspecified atom stereocenters. The number of nitrogens with zero attached hydrogens (tertiary/aromatic N) is 2. The Morgan fingerprint density at radius 1 is 0.750 bits per heavy atom. The summed E-state index contributed by atoms with van der Waals surface area (Å²) in [5.74, 6) is 5.22. The van der Waals surface area contributed by atoms with Crippen LogP contribution in [0.2, 0.25) is 0 Å². The molecule has 0 aromatic heterocycles. The van der Waals surface area contributed by atoms with E-state index in [-0.39, 0.29) is 16.9 Å². The highest BCUT2D eigenvalue weighted by molar-refractivity contribution is 5.63. The molecule has 0 aliphatic carbocycles. The summed E-state index contributed by atoms with van der Waals surface area (Å²) in [5.41, 5.74) is -0.309. The van der Waals surface area contributed by atoms with Gasteiger partial charge < -0.3 is 0 Å². The summed E-state index contributed by atoms with van der Waals surface area (Å²) in [6.07, 6.45) is 0. The summed E-state index contributed by atoms with van der Waals surface area (Å²) in [5, 5.41) is 21.8. The molecule has 2 aromatic rings. The Hall–Kier alpha value is -3.20. The Labute approximate surface area is 114 Å². The molecular formula is C14H8N2O4. The van der Waals surface area contributed by atoms with Gasteiger partial charge in [-0.3, -0.25) is 20.2 Å². The molecule has 0 atom stereocenters. The second kappa shape index (κ2) is 5.63. The van der Waals surface area contributed by atoms with Gasteiger partial charge in [-0.25, -0.2) is 0 Å². The molecule has 6 heteroatoms. The van der Waals surface area contributed by atoms with Gasteiger partial charge in [-0.05, 0) is 24.1 Å². The van der Waals surface area contributed by atoms with Crippen LogP contribution in [0.5, 0.6) is 0 Å². The molecule has 98 valence electrons. The molecule has 0 N–H and O–H groups in total. The molecule has 6 nitrogen and oxygen atoms in total. The summed E-state index contributed by atoms with van der Waals surface area (Å²) in [7, 11) is 0. The molecule has 2 aromatic carbocycles. The van der Waals surface area contributed by atoms with E-state index in [2.05, 4.69) is 11.8 Å². The van der Waals surface area contributed by atoms with Gasteiger partial charge in [0.2, 0.25) is 0 Å². The molecular weight excluding hydrogens is 260 g/mol. The van der Waals surface area contributed by atoms with Crippen molar-refractivity contribution in [2.24, 2.45) is 0 Å². The molecule has 0 aliphatic heterocycles. The van der Waals surface area contributed by atoms with E-state index in [1.165, 1.54) is 18.2 Å². The van der Waals surface area contributed by atoms with E-state index in [4.69, 9.17) is 0 Å². The minimum atomic E-state index is -0.679. The maximum Gasteiger partial charge on any atom is 0.291 e. The van der Waals surface area contributed by atoms with Gasteiger partial charge >= 0.3 is 0 Å². The molecule has 0 fully saturated rings. The SMILES string of the molecule is O=[N+]([O-])c1cccc([N+](=O)[O-])c1C#Cc1ccccc1. The zero-order valence-corrected chi connectivity index (χ0v) is 10.1. The summed E-state index contributed by atoms with van der Waals surface area (Å²) in [6, 6.07) is 12.4. The number of benzene rings is 2. The van der Waals surface area contributed by atoms with Crippen molar-refractivity contribution in [2.45, 2.75) is 0 Å². The van der Waals surface area contributed by atoms with Gasteiger partial charge in [0.25, 0.3) is 11.4 Å². The molecule has 0 heterocycles. The maximum absolute atomic E-state index is 10.9. The average molecular weight is 268 g/mol. The largest absolute Gasteiger partial charge is 0.291 e. The van der Waals surface area contributed by atoms with Crippen molar-refractivity contribution >= 4 is 11.4 Å². The predicted molar refractivity (Wildman–Crippen MR) is 72.2 cm³/mol. The van der Waals surface area contributed by atoms with Crippen LogP contribution in [0.15, 0.2) is 48.5 Å². The first-order chi connectivity index (χ1) is 9.59. The predicted octanol–water partition coefficient (Wildman–Crippen LogP) is 2.90. The van der Waals surface area contributed by atoms with Crippen molar-refractivity contribution in [3.8, 4) is 11.8 Å². The first-order valence-corrected chi connectivity index (χ1v) is 5.58. The molecule has 20 heavy (non-hydrogen) atoms. The second-order valence-corrected chi connectivity index (χ2v) is 3.80. The van der Waals surface area contributed by atoms with Crippen LogP contribution in [0.1, 0.15) is 11.1 Å². The molecule has 0 saturated heterocycles. The first kappa shape index (κ1) is 13.2. The van der Waals surface area contributed by atoms with E-state index < -0.39 is 9.85 Å². The van der Waals surface area contributed by atoms with Crippen LogP contribution in [0.4, 0.5) is 11.4 Å². The van der Waals surface area contributed by atoms with Gasteiger partial charge in [0.05, 0.1) is 9.85 Å². The lowest BCUT2D eigenvalue weighted by atomic mass is 10.1. The van der Waals surface area contributed by atoms with Crippen LogP contribution in [-0.2, 0) is 0 Å². The van der Waals surface area contributed by atoms with Crippen LogP contribution >= 0.6 is 0 Å². The van der Waals surface area contributed by atoms with Crippen molar-refractivity contribution in [2.75, 3.05) is 0 Å². The van der Waals surface area contributed by atoms with E-state index in [9.17, 15) is 20.2 Å². The number of hydrogen-bond acceptors (Lipinski definition) is 4. The van der Waals surface area contributed by atoms with E-state index >= 15 is 0 Å². The summed E-state index contributed by atoms with van der Waals surface area (Å²) >= 11 is 0. The molecule has 0 spiro atoms. The number of nitro benzene ring substituents is 2. The van der Waals surface area contributed by atoms with Crippen molar-refractivity contribution in [1.29, 1.82) is 0 Å². The Morgan fingerprint density at radius 2 is 1.30 bits per heavy atom. The Balaban J connectivity index is 2.58. The summed E-state index contributed by atoms with van der Waals surface area (Å²) < 4.78 is 0. The third-order valence-electron chi connectivity index (χ3n) is 2.52. The van der Waals surface area contributed by atoms with Gasteiger partial charge in [-0.1, -0.05) is 24.1 Å². The highest BCUT2D eigenvalue weighted by Gasteiger charge is 2.22. The van der Waals surface area contributed by atoms with Crippen molar-refractivity contribution in [3.05, 3.63) is 79.9 Å². The van der Waals surface area contributed by atoms with Crippen LogP contribution in [-0.4, -0.2) is 9.85 Å². The minimum Gasteiger partial charge on any atom is -0.258 e. The molecule has 0 radical (unpaired) electrons. The van der Waals surface area contributed by atoms with Gasteiger partial charge in [0, 0.05) is 17.7 Å². The van der Waals surface area contributed by atoms with Crippen molar-refractivity contribution in [3.63, 3.8) is 0 Å². The number of hydrogen-bond donors (Lipinski definition) is 0. The molecule has 2 rings (SSSR count). The van der Waals surface area contributed by atoms with Gasteiger partial charge in [0.1, 0.15) is 0 Å². The third kappa shape index (κ3) is 2.79. The minimum absolute atomic E-state index is 0.189. The topological polar surface area (TPSA) is 86.3 Å². The van der Waals surface area contributed by atoms with Crippen molar-refractivity contribution < 1.29 is 9.85 Å².